The number of thioether (sulfide) groups is 1. The van der Waals surface area contributed by atoms with Crippen LogP contribution in [0.5, 0.6) is 5.75 Å². The highest BCUT2D eigenvalue weighted by Gasteiger charge is 2.60. The summed E-state index contributed by atoms with van der Waals surface area (Å²) in [6.45, 7) is 0.233. The van der Waals surface area contributed by atoms with Crippen molar-refractivity contribution in [2.45, 2.75) is 17.6 Å². The van der Waals surface area contributed by atoms with Gasteiger partial charge in [-0.15, -0.1) is 11.8 Å². The first-order valence-corrected chi connectivity index (χ1v) is 11.4. The Morgan fingerprint density at radius 3 is 2.71 bits per heavy atom. The van der Waals surface area contributed by atoms with Crippen LogP contribution in [0.4, 0.5) is 18.9 Å². The van der Waals surface area contributed by atoms with Gasteiger partial charge in [0.1, 0.15) is 5.75 Å². The molecule has 5 rings (SSSR count). The summed E-state index contributed by atoms with van der Waals surface area (Å²) in [6.07, 6.45) is -3.11. The van der Waals surface area contributed by atoms with Crippen LogP contribution in [0.1, 0.15) is 27.2 Å². The van der Waals surface area contributed by atoms with Crippen LogP contribution >= 0.6 is 11.8 Å². The Hall–Kier alpha value is -3.40. The predicted octanol–water partition coefficient (Wildman–Crippen LogP) is 4.90. The quantitative estimate of drug-likeness (QED) is 0.523. The second-order valence-electron chi connectivity index (χ2n) is 7.90. The van der Waals surface area contributed by atoms with E-state index in [1.807, 2.05) is 0 Å². The molecule has 1 spiro atoms. The largest absolute Gasteiger partial charge is 0.497 e. The van der Waals surface area contributed by atoms with Crippen molar-refractivity contribution in [1.29, 1.82) is 0 Å². The molecule has 0 aliphatic carbocycles. The molecular weight excluding hydrogens is 469 g/mol. The van der Waals surface area contributed by atoms with Crippen molar-refractivity contribution in [3.63, 3.8) is 0 Å². The summed E-state index contributed by atoms with van der Waals surface area (Å²) < 4.78 is 50.4. The molecule has 2 amide bonds. The van der Waals surface area contributed by atoms with Gasteiger partial charge < -0.3 is 19.0 Å². The predicted molar refractivity (Wildman–Crippen MR) is 120 cm³/mol. The molecule has 3 heterocycles. The number of nitrogens with zero attached hydrogens (tertiary/aromatic N) is 2. The average Bonchev–Trinajstić information content (AvgIpc) is 3.56. The number of anilines is 1. The maximum atomic E-state index is 14.0. The molecular formula is C24H19F3N2O4S. The smallest absolute Gasteiger partial charge is 0.416 e. The fourth-order valence-corrected chi connectivity index (χ4v) is 5.89. The number of ether oxygens (including phenoxy) is 1. The minimum Gasteiger partial charge on any atom is -0.497 e. The third-order valence-electron chi connectivity index (χ3n) is 5.97. The van der Waals surface area contributed by atoms with Gasteiger partial charge in [-0.3, -0.25) is 9.59 Å². The number of fused-ring (bicyclic) bond motifs is 2. The standard InChI is InChI=1S/C24H19F3N2O4S/c1-32-17-7-8-19-18(13-17)23(29(9-11-34-23)21(30)20-6-3-10-33-20)22(31)28(19)14-15-4-2-5-16(12-15)24(25,26)27/h2-8,10,12-13H,9,11,14H2,1H3/t23-/m0/s1. The summed E-state index contributed by atoms with van der Waals surface area (Å²) >= 11 is 1.31. The molecule has 0 N–H and O–H groups in total. The minimum atomic E-state index is -4.49. The van der Waals surface area contributed by atoms with Gasteiger partial charge in [-0.1, -0.05) is 12.1 Å². The number of halogens is 3. The molecule has 0 bridgehead atoms. The molecule has 6 nitrogen and oxygen atoms in total. The van der Waals surface area contributed by atoms with Crippen LogP contribution in [-0.4, -0.2) is 36.1 Å². The highest BCUT2D eigenvalue weighted by molar-refractivity contribution is 8.01. The Morgan fingerprint density at radius 1 is 1.18 bits per heavy atom. The average molecular weight is 488 g/mol. The summed E-state index contributed by atoms with van der Waals surface area (Å²) in [5.41, 5.74) is 0.626. The van der Waals surface area contributed by atoms with Gasteiger partial charge in [0.25, 0.3) is 11.8 Å². The molecule has 0 unspecified atom stereocenters. The number of carbonyl (C=O) groups excluding carboxylic acids is 2. The Kier molecular flexibility index (Phi) is 5.35. The number of benzene rings is 2. The fourth-order valence-electron chi connectivity index (χ4n) is 4.44. The summed E-state index contributed by atoms with van der Waals surface area (Å²) in [4.78, 5) is 28.8. The van der Waals surface area contributed by atoms with Crippen LogP contribution in [0.3, 0.4) is 0 Å². The Bertz CT molecular complexity index is 1260. The van der Waals surface area contributed by atoms with E-state index in [9.17, 15) is 22.8 Å². The number of hydrogen-bond acceptors (Lipinski definition) is 5. The molecule has 1 atom stereocenters. The summed E-state index contributed by atoms with van der Waals surface area (Å²) in [6, 6.07) is 13.1. The molecule has 176 valence electrons. The van der Waals surface area contributed by atoms with Crippen LogP contribution in [0.2, 0.25) is 0 Å². The van der Waals surface area contributed by atoms with E-state index in [0.717, 1.165) is 12.1 Å². The molecule has 2 aliphatic heterocycles. The number of carbonyl (C=O) groups is 2. The maximum absolute atomic E-state index is 14.0. The zero-order valence-corrected chi connectivity index (χ0v) is 18.8. The van der Waals surface area contributed by atoms with Crippen LogP contribution in [0, 0.1) is 0 Å². The SMILES string of the molecule is COc1ccc2c(c1)[C@]1(SCCN1C(=O)c1ccco1)C(=O)N2Cc1cccc(C(F)(F)F)c1. The lowest BCUT2D eigenvalue weighted by Gasteiger charge is -2.32. The third-order valence-corrected chi connectivity index (χ3v) is 7.39. The Balaban J connectivity index is 1.59. The second kappa shape index (κ2) is 8.12. The van der Waals surface area contributed by atoms with Crippen LogP contribution in [-0.2, 0) is 22.4 Å². The van der Waals surface area contributed by atoms with Gasteiger partial charge in [-0.25, -0.2) is 0 Å². The first-order chi connectivity index (χ1) is 16.3. The second-order valence-corrected chi connectivity index (χ2v) is 9.19. The molecule has 1 aromatic heterocycles. The highest BCUT2D eigenvalue weighted by Crippen LogP contribution is 2.55. The van der Waals surface area contributed by atoms with E-state index in [1.165, 1.54) is 47.1 Å². The lowest BCUT2D eigenvalue weighted by Crippen LogP contribution is -2.50. The zero-order valence-electron chi connectivity index (χ0n) is 18.0. The van der Waals surface area contributed by atoms with Crippen molar-refractivity contribution in [2.24, 2.45) is 0 Å². The first-order valence-electron chi connectivity index (χ1n) is 10.4. The van der Waals surface area contributed by atoms with E-state index in [0.29, 0.717) is 34.9 Å². The molecule has 2 aliphatic rings. The van der Waals surface area contributed by atoms with Gasteiger partial charge in [-0.2, -0.15) is 13.2 Å². The molecule has 3 aromatic rings. The third kappa shape index (κ3) is 3.44. The molecule has 0 saturated carbocycles. The van der Waals surface area contributed by atoms with Gasteiger partial charge in [0, 0.05) is 17.9 Å². The monoisotopic (exact) mass is 488 g/mol. The maximum Gasteiger partial charge on any atom is 0.416 e. The van der Waals surface area contributed by atoms with E-state index in [4.69, 9.17) is 9.15 Å². The van der Waals surface area contributed by atoms with E-state index < -0.39 is 28.4 Å². The van der Waals surface area contributed by atoms with E-state index >= 15 is 0 Å². The minimum absolute atomic E-state index is 0.0762. The summed E-state index contributed by atoms with van der Waals surface area (Å²) in [7, 11) is 1.50. The van der Waals surface area contributed by atoms with Crippen LogP contribution in [0.15, 0.2) is 65.3 Å². The lowest BCUT2D eigenvalue weighted by atomic mass is 10.0. The molecule has 0 radical (unpaired) electrons. The lowest BCUT2D eigenvalue weighted by molar-refractivity contribution is -0.137. The summed E-state index contributed by atoms with van der Waals surface area (Å²) in [5, 5.41) is 0. The van der Waals surface area contributed by atoms with Crippen molar-refractivity contribution in [3.8, 4) is 5.75 Å². The topological polar surface area (TPSA) is 63.0 Å². The van der Waals surface area contributed by atoms with Crippen molar-refractivity contribution in [2.75, 3.05) is 24.3 Å². The van der Waals surface area contributed by atoms with Gasteiger partial charge in [0.2, 0.25) is 0 Å². The fraction of sp³-hybridized carbons (Fsp3) is 0.250. The van der Waals surface area contributed by atoms with E-state index in [2.05, 4.69) is 0 Å². The van der Waals surface area contributed by atoms with Gasteiger partial charge in [0.15, 0.2) is 10.6 Å². The van der Waals surface area contributed by atoms with Gasteiger partial charge in [0.05, 0.1) is 31.2 Å². The van der Waals surface area contributed by atoms with Crippen molar-refractivity contribution in [1.82, 2.24) is 4.90 Å². The van der Waals surface area contributed by atoms with Crippen molar-refractivity contribution in [3.05, 3.63) is 83.3 Å². The van der Waals surface area contributed by atoms with Crippen molar-refractivity contribution >= 4 is 29.3 Å². The number of methoxy groups -OCH3 is 1. The number of alkyl halides is 3. The molecule has 1 fully saturated rings. The normalized spacial score (nSPS) is 19.7. The Labute approximate surface area is 197 Å². The summed E-state index contributed by atoms with van der Waals surface area (Å²) in [5.74, 6) is 0.292. The first kappa shape index (κ1) is 22.4. The molecule has 1 saturated heterocycles. The van der Waals surface area contributed by atoms with E-state index in [1.54, 1.807) is 30.3 Å². The van der Waals surface area contributed by atoms with Crippen molar-refractivity contribution < 1.29 is 31.9 Å². The number of rotatable bonds is 4. The number of hydrogen-bond donors (Lipinski definition) is 0. The molecule has 34 heavy (non-hydrogen) atoms. The van der Waals surface area contributed by atoms with Crippen LogP contribution < -0.4 is 9.64 Å². The zero-order chi connectivity index (χ0) is 24.1. The molecule has 2 aromatic carbocycles. The van der Waals surface area contributed by atoms with Gasteiger partial charge >= 0.3 is 6.18 Å². The number of furan rings is 1. The Morgan fingerprint density at radius 2 is 2.00 bits per heavy atom. The van der Waals surface area contributed by atoms with Gasteiger partial charge in [-0.05, 0) is 48.0 Å². The highest BCUT2D eigenvalue weighted by atomic mass is 32.2. The van der Waals surface area contributed by atoms with Crippen LogP contribution in [0.25, 0.3) is 0 Å². The number of amides is 2. The molecule has 10 heteroatoms. The van der Waals surface area contributed by atoms with E-state index in [-0.39, 0.29) is 12.3 Å².